The first kappa shape index (κ1) is 19.9. The Balaban J connectivity index is 2.64. The minimum Gasteiger partial charge on any atom is -0.375 e. The molecule has 0 heterocycles. The summed E-state index contributed by atoms with van der Waals surface area (Å²) in [5, 5.41) is 0. The van der Waals surface area contributed by atoms with E-state index in [9.17, 15) is 0 Å². The third-order valence-corrected chi connectivity index (χ3v) is 4.95. The molecule has 2 atom stereocenters. The highest BCUT2D eigenvalue weighted by Gasteiger charge is 2.45. The van der Waals surface area contributed by atoms with E-state index < -0.39 is 0 Å². The van der Waals surface area contributed by atoms with Gasteiger partial charge in [0, 0.05) is 26.2 Å². The molecule has 0 amide bonds. The van der Waals surface area contributed by atoms with Crippen LogP contribution in [-0.4, -0.2) is 31.7 Å². The number of hydrogen-bond acceptors (Lipinski definition) is 3. The molecule has 132 valence electrons. The van der Waals surface area contributed by atoms with Crippen LogP contribution in [0.2, 0.25) is 0 Å². The molecule has 0 radical (unpaired) electrons. The van der Waals surface area contributed by atoms with Crippen LogP contribution in [-0.2, 0) is 14.2 Å². The molecule has 1 aliphatic carbocycles. The number of rotatable bonds is 13. The largest absolute Gasteiger partial charge is 0.375 e. The lowest BCUT2D eigenvalue weighted by Gasteiger charge is -2.38. The van der Waals surface area contributed by atoms with Gasteiger partial charge in [0.15, 0.2) is 6.29 Å². The van der Waals surface area contributed by atoms with E-state index in [1.807, 2.05) is 13.8 Å². The van der Waals surface area contributed by atoms with E-state index in [-0.39, 0.29) is 11.9 Å². The number of unbranched alkanes of at least 4 members (excludes halogenated alkanes) is 3. The SMILES string of the molecule is CCCCCCC1CCCC1(CC(OCC)OCC)OCC. The second-order valence-corrected chi connectivity index (χ2v) is 6.48. The number of ether oxygens (including phenoxy) is 3. The molecule has 0 aromatic carbocycles. The summed E-state index contributed by atoms with van der Waals surface area (Å²) in [5.41, 5.74) is -0.0179. The summed E-state index contributed by atoms with van der Waals surface area (Å²) in [7, 11) is 0. The third kappa shape index (κ3) is 6.17. The van der Waals surface area contributed by atoms with E-state index in [2.05, 4.69) is 13.8 Å². The summed E-state index contributed by atoms with van der Waals surface area (Å²) >= 11 is 0. The molecule has 1 saturated carbocycles. The van der Waals surface area contributed by atoms with E-state index in [1.54, 1.807) is 0 Å². The zero-order valence-corrected chi connectivity index (χ0v) is 15.4. The molecule has 2 unspecified atom stereocenters. The Morgan fingerprint density at radius 1 is 0.955 bits per heavy atom. The van der Waals surface area contributed by atoms with Crippen molar-refractivity contribution in [3.8, 4) is 0 Å². The van der Waals surface area contributed by atoms with Crippen LogP contribution in [0.3, 0.4) is 0 Å². The summed E-state index contributed by atoms with van der Waals surface area (Å²) in [6.07, 6.45) is 11.2. The van der Waals surface area contributed by atoms with Crippen molar-refractivity contribution in [1.82, 2.24) is 0 Å². The first-order valence-electron chi connectivity index (χ1n) is 9.59. The summed E-state index contributed by atoms with van der Waals surface area (Å²) in [4.78, 5) is 0. The molecule has 0 spiro atoms. The Kier molecular flexibility index (Phi) is 10.3. The summed E-state index contributed by atoms with van der Waals surface area (Å²) in [6.45, 7) is 10.7. The second kappa shape index (κ2) is 11.4. The van der Waals surface area contributed by atoms with E-state index in [0.29, 0.717) is 19.1 Å². The lowest BCUT2D eigenvalue weighted by atomic mass is 9.83. The standard InChI is InChI=1S/C19H38O3/c1-5-9-10-11-13-17-14-12-15-19(17,22-8-4)16-18(20-6-2)21-7-3/h17-18H,5-16H2,1-4H3. The quantitative estimate of drug-likeness (QED) is 0.340. The second-order valence-electron chi connectivity index (χ2n) is 6.48. The van der Waals surface area contributed by atoms with Gasteiger partial charge in [0.1, 0.15) is 0 Å². The molecule has 0 aliphatic heterocycles. The monoisotopic (exact) mass is 314 g/mol. The Labute approximate surface area is 138 Å². The van der Waals surface area contributed by atoms with Gasteiger partial charge < -0.3 is 14.2 Å². The molecule has 3 nitrogen and oxygen atoms in total. The predicted molar refractivity (Wildman–Crippen MR) is 92.1 cm³/mol. The molecule has 1 fully saturated rings. The van der Waals surface area contributed by atoms with Gasteiger partial charge in [-0.1, -0.05) is 39.0 Å². The van der Waals surface area contributed by atoms with Gasteiger partial charge in [-0.15, -0.1) is 0 Å². The maximum atomic E-state index is 6.32. The highest BCUT2D eigenvalue weighted by molar-refractivity contribution is 4.94. The topological polar surface area (TPSA) is 27.7 Å². The first-order valence-corrected chi connectivity index (χ1v) is 9.59. The van der Waals surface area contributed by atoms with Crippen LogP contribution in [0.4, 0.5) is 0 Å². The van der Waals surface area contributed by atoms with Crippen molar-refractivity contribution in [3.05, 3.63) is 0 Å². The fourth-order valence-corrected chi connectivity index (χ4v) is 3.96. The van der Waals surface area contributed by atoms with E-state index >= 15 is 0 Å². The Morgan fingerprint density at radius 2 is 1.68 bits per heavy atom. The van der Waals surface area contributed by atoms with Crippen molar-refractivity contribution in [2.24, 2.45) is 5.92 Å². The van der Waals surface area contributed by atoms with Gasteiger partial charge in [0.2, 0.25) is 0 Å². The van der Waals surface area contributed by atoms with Crippen molar-refractivity contribution in [2.45, 2.75) is 97.4 Å². The lowest BCUT2D eigenvalue weighted by Crippen LogP contribution is -2.41. The van der Waals surface area contributed by atoms with Crippen molar-refractivity contribution >= 4 is 0 Å². The molecule has 1 aliphatic rings. The number of hydrogen-bond donors (Lipinski definition) is 0. The maximum absolute atomic E-state index is 6.32. The van der Waals surface area contributed by atoms with Crippen LogP contribution in [0.5, 0.6) is 0 Å². The molecule has 22 heavy (non-hydrogen) atoms. The average molecular weight is 315 g/mol. The highest BCUT2D eigenvalue weighted by Crippen LogP contribution is 2.45. The van der Waals surface area contributed by atoms with Crippen LogP contribution >= 0.6 is 0 Å². The van der Waals surface area contributed by atoms with Gasteiger partial charge in [-0.25, -0.2) is 0 Å². The fourth-order valence-electron chi connectivity index (χ4n) is 3.96. The molecule has 0 N–H and O–H groups in total. The maximum Gasteiger partial charge on any atom is 0.160 e. The molecule has 0 aromatic rings. The zero-order valence-electron chi connectivity index (χ0n) is 15.4. The van der Waals surface area contributed by atoms with Crippen molar-refractivity contribution < 1.29 is 14.2 Å². The fraction of sp³-hybridized carbons (Fsp3) is 1.00. The summed E-state index contributed by atoms with van der Waals surface area (Å²) < 4.78 is 17.9. The molecule has 0 bridgehead atoms. The van der Waals surface area contributed by atoms with E-state index in [1.165, 1.54) is 44.9 Å². The van der Waals surface area contributed by atoms with Crippen molar-refractivity contribution in [2.75, 3.05) is 19.8 Å². The molecule has 0 aromatic heterocycles. The van der Waals surface area contributed by atoms with Crippen LogP contribution < -0.4 is 0 Å². The van der Waals surface area contributed by atoms with Gasteiger partial charge in [0.25, 0.3) is 0 Å². The van der Waals surface area contributed by atoms with Crippen molar-refractivity contribution in [3.63, 3.8) is 0 Å². The first-order chi connectivity index (χ1) is 10.7. The van der Waals surface area contributed by atoms with Gasteiger partial charge in [-0.3, -0.25) is 0 Å². The zero-order chi connectivity index (χ0) is 16.3. The van der Waals surface area contributed by atoms with E-state index in [0.717, 1.165) is 19.4 Å². The minimum absolute atomic E-state index is 0.0179. The third-order valence-electron chi connectivity index (χ3n) is 4.95. The van der Waals surface area contributed by atoms with Crippen LogP contribution in [0.15, 0.2) is 0 Å². The molecule has 3 heteroatoms. The summed E-state index contributed by atoms with van der Waals surface area (Å²) in [5.74, 6) is 0.674. The van der Waals surface area contributed by atoms with Crippen LogP contribution in [0, 0.1) is 5.92 Å². The smallest absolute Gasteiger partial charge is 0.160 e. The minimum atomic E-state index is -0.113. The Bertz CT molecular complexity index is 263. The van der Waals surface area contributed by atoms with Crippen LogP contribution in [0.1, 0.15) is 85.5 Å². The Hall–Kier alpha value is -0.120. The molecular weight excluding hydrogens is 276 g/mol. The van der Waals surface area contributed by atoms with Crippen molar-refractivity contribution in [1.29, 1.82) is 0 Å². The van der Waals surface area contributed by atoms with E-state index in [4.69, 9.17) is 14.2 Å². The normalized spacial score (nSPS) is 25.2. The Morgan fingerprint density at radius 3 is 2.27 bits per heavy atom. The highest BCUT2D eigenvalue weighted by atomic mass is 16.7. The van der Waals surface area contributed by atoms with Gasteiger partial charge in [-0.05, 0) is 46.0 Å². The molecule has 0 saturated heterocycles. The molecule has 1 rings (SSSR count). The van der Waals surface area contributed by atoms with Gasteiger partial charge in [0.05, 0.1) is 5.60 Å². The summed E-state index contributed by atoms with van der Waals surface area (Å²) in [6, 6.07) is 0. The van der Waals surface area contributed by atoms with Crippen LogP contribution in [0.25, 0.3) is 0 Å². The van der Waals surface area contributed by atoms with Gasteiger partial charge in [-0.2, -0.15) is 0 Å². The van der Waals surface area contributed by atoms with Gasteiger partial charge >= 0.3 is 0 Å². The molecular formula is C19H38O3. The average Bonchev–Trinajstić information content (AvgIpc) is 2.87. The lowest BCUT2D eigenvalue weighted by molar-refractivity contribution is -0.188. The predicted octanol–water partition coefficient (Wildman–Crippen LogP) is 5.32.